The molecule has 0 aromatic heterocycles. The molecule has 0 aromatic carbocycles. The summed E-state index contributed by atoms with van der Waals surface area (Å²) in [7, 11) is 1.85. The molecular weight excluding hydrogens is 260 g/mol. The van der Waals surface area contributed by atoms with Crippen LogP contribution in [0.4, 0.5) is 0 Å². The van der Waals surface area contributed by atoms with Crippen LogP contribution in [0.2, 0.25) is 0 Å². The molecule has 3 fully saturated rings. The van der Waals surface area contributed by atoms with Crippen LogP contribution in [-0.2, 0) is 9.47 Å². The van der Waals surface area contributed by atoms with Crippen LogP contribution in [-0.4, -0.2) is 25.4 Å². The molecule has 0 radical (unpaired) electrons. The molecule has 3 saturated carbocycles. The van der Waals surface area contributed by atoms with Crippen molar-refractivity contribution in [2.24, 2.45) is 11.8 Å². The zero-order valence-corrected chi connectivity index (χ0v) is 13.9. The number of rotatable bonds is 4. The van der Waals surface area contributed by atoms with Crippen LogP contribution in [0.15, 0.2) is 0 Å². The minimum absolute atomic E-state index is 0.492. The summed E-state index contributed by atoms with van der Waals surface area (Å²) in [6.07, 6.45) is 19.4. The SMILES string of the molecule is COC1CCC(OC2CCC(C3CCCCC3)CC2)CC1. The number of methoxy groups -OCH3 is 1. The largest absolute Gasteiger partial charge is 0.381 e. The fraction of sp³-hybridized carbons (Fsp3) is 1.00. The summed E-state index contributed by atoms with van der Waals surface area (Å²) in [6, 6.07) is 0. The third kappa shape index (κ3) is 4.45. The van der Waals surface area contributed by atoms with Gasteiger partial charge in [0.2, 0.25) is 0 Å². The number of ether oxygens (including phenoxy) is 2. The van der Waals surface area contributed by atoms with Crippen molar-refractivity contribution in [2.75, 3.05) is 7.11 Å². The van der Waals surface area contributed by atoms with E-state index in [4.69, 9.17) is 9.47 Å². The van der Waals surface area contributed by atoms with Gasteiger partial charge >= 0.3 is 0 Å². The maximum absolute atomic E-state index is 6.41. The Morgan fingerprint density at radius 2 is 1.00 bits per heavy atom. The second kappa shape index (κ2) is 7.97. The molecule has 2 nitrogen and oxygen atoms in total. The van der Waals surface area contributed by atoms with Gasteiger partial charge in [0.1, 0.15) is 0 Å². The maximum atomic E-state index is 6.41. The topological polar surface area (TPSA) is 18.5 Å². The lowest BCUT2D eigenvalue weighted by Gasteiger charge is -2.38. The molecule has 0 aromatic rings. The van der Waals surface area contributed by atoms with Crippen molar-refractivity contribution in [3.05, 3.63) is 0 Å². The van der Waals surface area contributed by atoms with Crippen LogP contribution in [0.5, 0.6) is 0 Å². The molecule has 122 valence electrons. The summed E-state index contributed by atoms with van der Waals surface area (Å²) >= 11 is 0. The lowest BCUT2D eigenvalue weighted by atomic mass is 9.73. The Balaban J connectivity index is 1.36. The van der Waals surface area contributed by atoms with Gasteiger partial charge in [0.15, 0.2) is 0 Å². The molecule has 0 N–H and O–H groups in total. The summed E-state index contributed by atoms with van der Waals surface area (Å²) in [5.74, 6) is 2.08. The second-order valence-corrected chi connectivity index (χ2v) is 7.71. The highest BCUT2D eigenvalue weighted by Crippen LogP contribution is 2.39. The Bertz CT molecular complexity index is 282. The van der Waals surface area contributed by atoms with Gasteiger partial charge in [-0.25, -0.2) is 0 Å². The van der Waals surface area contributed by atoms with E-state index in [1.165, 1.54) is 83.5 Å². The smallest absolute Gasteiger partial charge is 0.0580 e. The lowest BCUT2D eigenvalue weighted by Crippen LogP contribution is -2.32. The highest BCUT2D eigenvalue weighted by atomic mass is 16.5. The summed E-state index contributed by atoms with van der Waals surface area (Å²) in [5, 5.41) is 0. The standard InChI is InChI=1S/C19H34O2/c1-20-17-11-13-19(14-12-17)21-18-9-7-16(8-10-18)15-5-3-2-4-6-15/h15-19H,2-14H2,1H3. The van der Waals surface area contributed by atoms with Crippen LogP contribution < -0.4 is 0 Å². The average molecular weight is 294 g/mol. The van der Waals surface area contributed by atoms with Crippen LogP contribution in [0.3, 0.4) is 0 Å². The molecule has 21 heavy (non-hydrogen) atoms. The first kappa shape index (κ1) is 15.8. The minimum Gasteiger partial charge on any atom is -0.381 e. The minimum atomic E-state index is 0.492. The molecule has 3 aliphatic carbocycles. The summed E-state index contributed by atoms with van der Waals surface area (Å²) in [4.78, 5) is 0. The van der Waals surface area contributed by atoms with E-state index >= 15 is 0 Å². The molecule has 0 atom stereocenters. The third-order valence-corrected chi connectivity index (χ3v) is 6.37. The van der Waals surface area contributed by atoms with Crippen molar-refractivity contribution in [3.63, 3.8) is 0 Å². The van der Waals surface area contributed by atoms with E-state index in [2.05, 4.69) is 0 Å². The molecule has 0 unspecified atom stereocenters. The highest BCUT2D eigenvalue weighted by Gasteiger charge is 2.30. The number of hydrogen-bond donors (Lipinski definition) is 0. The molecule has 0 amide bonds. The fourth-order valence-corrected chi connectivity index (χ4v) is 4.98. The summed E-state index contributed by atoms with van der Waals surface area (Å²) in [5.41, 5.74) is 0. The van der Waals surface area contributed by atoms with E-state index in [0.717, 1.165) is 11.8 Å². The Hall–Kier alpha value is -0.0800. The zero-order chi connectivity index (χ0) is 14.5. The number of hydrogen-bond acceptors (Lipinski definition) is 2. The normalized spacial score (nSPS) is 39.3. The van der Waals surface area contributed by atoms with Crippen molar-refractivity contribution in [1.29, 1.82) is 0 Å². The molecule has 3 aliphatic rings. The monoisotopic (exact) mass is 294 g/mol. The maximum Gasteiger partial charge on any atom is 0.0580 e. The van der Waals surface area contributed by atoms with Gasteiger partial charge in [0, 0.05) is 7.11 Å². The Kier molecular flexibility index (Phi) is 5.99. The Labute approximate surface area is 131 Å². The molecule has 0 heterocycles. The second-order valence-electron chi connectivity index (χ2n) is 7.71. The molecule has 0 aliphatic heterocycles. The van der Waals surface area contributed by atoms with E-state index < -0.39 is 0 Å². The summed E-state index contributed by atoms with van der Waals surface area (Å²) in [6.45, 7) is 0. The quantitative estimate of drug-likeness (QED) is 0.718. The predicted molar refractivity (Wildman–Crippen MR) is 86.5 cm³/mol. The molecule has 3 rings (SSSR count). The lowest BCUT2D eigenvalue weighted by molar-refractivity contribution is -0.0726. The fourth-order valence-electron chi connectivity index (χ4n) is 4.98. The van der Waals surface area contributed by atoms with Gasteiger partial charge in [0.05, 0.1) is 18.3 Å². The van der Waals surface area contributed by atoms with Crippen molar-refractivity contribution < 1.29 is 9.47 Å². The third-order valence-electron chi connectivity index (χ3n) is 6.37. The summed E-state index contributed by atoms with van der Waals surface area (Å²) < 4.78 is 11.9. The van der Waals surface area contributed by atoms with E-state index in [-0.39, 0.29) is 0 Å². The van der Waals surface area contributed by atoms with E-state index in [0.29, 0.717) is 18.3 Å². The van der Waals surface area contributed by atoms with Crippen LogP contribution in [0, 0.1) is 11.8 Å². The van der Waals surface area contributed by atoms with Crippen molar-refractivity contribution in [2.45, 2.75) is 102 Å². The molecule has 0 spiro atoms. The zero-order valence-electron chi connectivity index (χ0n) is 13.9. The van der Waals surface area contributed by atoms with Crippen molar-refractivity contribution >= 4 is 0 Å². The Morgan fingerprint density at radius 1 is 0.524 bits per heavy atom. The molecule has 0 bridgehead atoms. The molecular formula is C19H34O2. The van der Waals surface area contributed by atoms with E-state index in [1.807, 2.05) is 7.11 Å². The van der Waals surface area contributed by atoms with Gasteiger partial charge in [-0.05, 0) is 63.2 Å². The van der Waals surface area contributed by atoms with Gasteiger partial charge in [0.25, 0.3) is 0 Å². The van der Waals surface area contributed by atoms with Gasteiger partial charge in [-0.1, -0.05) is 32.1 Å². The van der Waals surface area contributed by atoms with E-state index in [9.17, 15) is 0 Å². The first-order chi connectivity index (χ1) is 10.3. The molecule has 0 saturated heterocycles. The Morgan fingerprint density at radius 3 is 1.57 bits per heavy atom. The van der Waals surface area contributed by atoms with E-state index in [1.54, 1.807) is 0 Å². The van der Waals surface area contributed by atoms with Crippen LogP contribution in [0.25, 0.3) is 0 Å². The van der Waals surface area contributed by atoms with Gasteiger partial charge < -0.3 is 9.47 Å². The van der Waals surface area contributed by atoms with Gasteiger partial charge in [-0.2, -0.15) is 0 Å². The van der Waals surface area contributed by atoms with Crippen LogP contribution >= 0.6 is 0 Å². The van der Waals surface area contributed by atoms with Gasteiger partial charge in [-0.3, -0.25) is 0 Å². The predicted octanol–water partition coefficient (Wildman–Crippen LogP) is 5.10. The van der Waals surface area contributed by atoms with Crippen molar-refractivity contribution in [1.82, 2.24) is 0 Å². The first-order valence-electron chi connectivity index (χ1n) is 9.53. The van der Waals surface area contributed by atoms with Crippen LogP contribution in [0.1, 0.15) is 83.5 Å². The average Bonchev–Trinajstić information content (AvgIpc) is 2.57. The van der Waals surface area contributed by atoms with Gasteiger partial charge in [-0.15, -0.1) is 0 Å². The van der Waals surface area contributed by atoms with Crippen molar-refractivity contribution in [3.8, 4) is 0 Å². The highest BCUT2D eigenvalue weighted by molar-refractivity contribution is 4.81. The molecule has 2 heteroatoms. The first-order valence-corrected chi connectivity index (χ1v) is 9.53.